The van der Waals surface area contributed by atoms with Crippen LogP contribution in [0.1, 0.15) is 38.7 Å². The first-order chi connectivity index (χ1) is 9.75. The van der Waals surface area contributed by atoms with E-state index in [0.29, 0.717) is 5.56 Å². The number of nitrogens with two attached hydrogens (primary N) is 1. The lowest BCUT2D eigenvalue weighted by atomic mass is 9.89. The van der Waals surface area contributed by atoms with Crippen molar-refractivity contribution >= 4 is 15.7 Å². The minimum Gasteiger partial charge on any atom is -0.382 e. The zero-order valence-corrected chi connectivity index (χ0v) is 13.7. The molecule has 1 aliphatic heterocycles. The van der Waals surface area contributed by atoms with Gasteiger partial charge in [0.2, 0.25) is 10.0 Å². The van der Waals surface area contributed by atoms with Crippen LogP contribution in [0, 0.1) is 6.92 Å². The highest BCUT2D eigenvalue weighted by atomic mass is 32.2. The van der Waals surface area contributed by atoms with E-state index in [0.717, 1.165) is 31.6 Å². The van der Waals surface area contributed by atoms with Crippen LogP contribution in [0.3, 0.4) is 0 Å². The minimum atomic E-state index is -3.69. The van der Waals surface area contributed by atoms with Gasteiger partial charge in [0.1, 0.15) is 0 Å². The molecule has 0 saturated carbocycles. The molecule has 3 N–H and O–H groups in total. The number of anilines is 1. The van der Waals surface area contributed by atoms with E-state index in [4.69, 9.17) is 9.88 Å². The van der Waals surface area contributed by atoms with Crippen molar-refractivity contribution in [3.8, 4) is 0 Å². The number of rotatable bonds is 4. The number of hydrogen-bond acceptors (Lipinski definition) is 4. The number of nitrogens with one attached hydrogen (secondary N) is 1. The van der Waals surface area contributed by atoms with Gasteiger partial charge in [0.15, 0.2) is 0 Å². The maximum absolute atomic E-state index is 11.6. The molecule has 1 aromatic rings. The molecule has 2 unspecified atom stereocenters. The van der Waals surface area contributed by atoms with E-state index < -0.39 is 10.0 Å². The summed E-state index contributed by atoms with van der Waals surface area (Å²) in [6.45, 7) is 6.74. The summed E-state index contributed by atoms with van der Waals surface area (Å²) in [5.74, 6) is 0. The fraction of sp³-hybridized carbons (Fsp3) is 0.600. The number of hydrogen-bond donors (Lipinski definition) is 2. The normalized spacial score (nSPS) is 26.6. The standard InChI is InChI=1S/C15H24N2O3S/c1-4-15(3)10-12(8-9-20-15)17-13-6-5-7-14(11(13)2)21(16,18)19/h5-7,12,17H,4,8-10H2,1-3H3,(H2,16,18,19). The number of sulfonamides is 1. The van der Waals surface area contributed by atoms with Crippen molar-refractivity contribution < 1.29 is 13.2 Å². The van der Waals surface area contributed by atoms with Crippen molar-refractivity contribution in [3.05, 3.63) is 23.8 Å². The molecule has 1 aromatic carbocycles. The predicted octanol–water partition coefficient (Wildman–Crippen LogP) is 2.40. The Morgan fingerprint density at radius 3 is 2.81 bits per heavy atom. The van der Waals surface area contributed by atoms with Crippen LogP contribution < -0.4 is 10.5 Å². The van der Waals surface area contributed by atoms with Crippen LogP contribution in [0.5, 0.6) is 0 Å². The van der Waals surface area contributed by atoms with Gasteiger partial charge in [-0.3, -0.25) is 0 Å². The Hall–Kier alpha value is -1.11. The zero-order valence-electron chi connectivity index (χ0n) is 12.8. The molecule has 0 spiro atoms. The first-order valence-corrected chi connectivity index (χ1v) is 8.83. The zero-order chi connectivity index (χ0) is 15.7. The largest absolute Gasteiger partial charge is 0.382 e. The molecular formula is C15H24N2O3S. The molecule has 1 fully saturated rings. The molecule has 0 amide bonds. The number of primary sulfonamides is 1. The molecule has 6 heteroatoms. The highest BCUT2D eigenvalue weighted by molar-refractivity contribution is 7.89. The summed E-state index contributed by atoms with van der Waals surface area (Å²) in [6, 6.07) is 5.42. The average molecular weight is 312 g/mol. The molecule has 5 nitrogen and oxygen atoms in total. The van der Waals surface area contributed by atoms with Gasteiger partial charge in [-0.25, -0.2) is 13.6 Å². The second-order valence-corrected chi connectivity index (χ2v) is 7.49. The summed E-state index contributed by atoms with van der Waals surface area (Å²) in [4.78, 5) is 0.179. The van der Waals surface area contributed by atoms with E-state index in [1.54, 1.807) is 13.0 Å². The van der Waals surface area contributed by atoms with Gasteiger partial charge in [0.05, 0.1) is 10.5 Å². The van der Waals surface area contributed by atoms with E-state index in [1.807, 2.05) is 6.07 Å². The second-order valence-electron chi connectivity index (χ2n) is 5.96. The first kappa shape index (κ1) is 16.3. The Kier molecular flexibility index (Phi) is 4.60. The maximum Gasteiger partial charge on any atom is 0.238 e. The van der Waals surface area contributed by atoms with Crippen molar-refractivity contribution in [2.24, 2.45) is 5.14 Å². The SMILES string of the molecule is CCC1(C)CC(Nc2cccc(S(N)(=O)=O)c2C)CCO1. The molecule has 0 radical (unpaired) electrons. The second kappa shape index (κ2) is 5.94. The third-order valence-electron chi connectivity index (χ3n) is 4.29. The highest BCUT2D eigenvalue weighted by Crippen LogP contribution is 2.31. The molecule has 0 aliphatic carbocycles. The first-order valence-electron chi connectivity index (χ1n) is 7.28. The lowest BCUT2D eigenvalue weighted by Crippen LogP contribution is -2.42. The Morgan fingerprint density at radius 1 is 1.48 bits per heavy atom. The monoisotopic (exact) mass is 312 g/mol. The Labute approximate surface area is 126 Å². The summed E-state index contributed by atoms with van der Waals surface area (Å²) in [6.07, 6.45) is 2.78. The van der Waals surface area contributed by atoms with Crippen LogP contribution >= 0.6 is 0 Å². The van der Waals surface area contributed by atoms with E-state index in [-0.39, 0.29) is 16.5 Å². The third kappa shape index (κ3) is 3.75. The molecular weight excluding hydrogens is 288 g/mol. The minimum absolute atomic E-state index is 0.110. The maximum atomic E-state index is 11.6. The Morgan fingerprint density at radius 2 is 2.19 bits per heavy atom. The summed E-state index contributed by atoms with van der Waals surface area (Å²) in [5, 5.41) is 8.70. The van der Waals surface area contributed by atoms with Crippen LogP contribution in [0.4, 0.5) is 5.69 Å². The van der Waals surface area contributed by atoms with Gasteiger partial charge in [-0.1, -0.05) is 13.0 Å². The van der Waals surface area contributed by atoms with Gasteiger partial charge in [0.25, 0.3) is 0 Å². The van der Waals surface area contributed by atoms with Crippen molar-refractivity contribution in [2.45, 2.75) is 56.6 Å². The van der Waals surface area contributed by atoms with Crippen molar-refractivity contribution in [1.82, 2.24) is 0 Å². The third-order valence-corrected chi connectivity index (χ3v) is 5.35. The van der Waals surface area contributed by atoms with E-state index in [9.17, 15) is 8.42 Å². The number of benzene rings is 1. The van der Waals surface area contributed by atoms with Gasteiger partial charge in [-0.05, 0) is 50.8 Å². The van der Waals surface area contributed by atoms with Gasteiger partial charge in [-0.15, -0.1) is 0 Å². The van der Waals surface area contributed by atoms with E-state index >= 15 is 0 Å². The fourth-order valence-electron chi connectivity index (χ4n) is 2.80. The van der Waals surface area contributed by atoms with Crippen molar-refractivity contribution in [3.63, 3.8) is 0 Å². The topological polar surface area (TPSA) is 81.4 Å². The fourth-order valence-corrected chi connectivity index (χ4v) is 3.60. The summed E-state index contributed by atoms with van der Waals surface area (Å²) in [5.41, 5.74) is 1.39. The van der Waals surface area contributed by atoms with Crippen LogP contribution in [0.15, 0.2) is 23.1 Å². The van der Waals surface area contributed by atoms with Crippen LogP contribution in [-0.2, 0) is 14.8 Å². The Bertz CT molecular complexity index is 615. The molecule has 21 heavy (non-hydrogen) atoms. The van der Waals surface area contributed by atoms with Crippen LogP contribution in [0.2, 0.25) is 0 Å². The number of ether oxygens (including phenoxy) is 1. The van der Waals surface area contributed by atoms with Gasteiger partial charge < -0.3 is 10.1 Å². The van der Waals surface area contributed by atoms with E-state index in [2.05, 4.69) is 19.2 Å². The smallest absolute Gasteiger partial charge is 0.238 e. The van der Waals surface area contributed by atoms with Gasteiger partial charge >= 0.3 is 0 Å². The molecule has 1 aliphatic rings. The molecule has 0 bridgehead atoms. The van der Waals surface area contributed by atoms with Crippen LogP contribution in [-0.4, -0.2) is 26.7 Å². The lowest BCUT2D eigenvalue weighted by molar-refractivity contribution is -0.0708. The average Bonchev–Trinajstić information content (AvgIpc) is 2.40. The van der Waals surface area contributed by atoms with Gasteiger partial charge in [-0.2, -0.15) is 0 Å². The predicted molar refractivity (Wildman–Crippen MR) is 83.8 cm³/mol. The summed E-state index contributed by atoms with van der Waals surface area (Å²) in [7, 11) is -3.69. The molecule has 1 saturated heterocycles. The molecule has 1 heterocycles. The van der Waals surface area contributed by atoms with Crippen LogP contribution in [0.25, 0.3) is 0 Å². The van der Waals surface area contributed by atoms with Gasteiger partial charge in [0, 0.05) is 18.3 Å². The molecule has 2 atom stereocenters. The van der Waals surface area contributed by atoms with Crippen molar-refractivity contribution in [1.29, 1.82) is 0 Å². The van der Waals surface area contributed by atoms with E-state index in [1.165, 1.54) is 6.07 Å². The lowest BCUT2D eigenvalue weighted by Gasteiger charge is -2.38. The Balaban J connectivity index is 2.21. The summed E-state index contributed by atoms with van der Waals surface area (Å²) >= 11 is 0. The quantitative estimate of drug-likeness (QED) is 0.894. The molecule has 0 aromatic heterocycles. The van der Waals surface area contributed by atoms with Crippen molar-refractivity contribution in [2.75, 3.05) is 11.9 Å². The molecule has 2 rings (SSSR count). The summed E-state index contributed by atoms with van der Waals surface area (Å²) < 4.78 is 29.0. The highest BCUT2D eigenvalue weighted by Gasteiger charge is 2.31. The molecule has 118 valence electrons.